The van der Waals surface area contributed by atoms with E-state index in [2.05, 4.69) is 25.8 Å². The van der Waals surface area contributed by atoms with Crippen molar-refractivity contribution in [3.8, 4) is 0 Å². The van der Waals surface area contributed by atoms with Crippen LogP contribution in [0, 0.1) is 5.92 Å². The van der Waals surface area contributed by atoms with Crippen LogP contribution >= 0.6 is 0 Å². The van der Waals surface area contributed by atoms with Gasteiger partial charge in [-0.1, -0.05) is 26.2 Å². The molecular weight excluding hydrogens is 160 g/mol. The highest BCUT2D eigenvalue weighted by Gasteiger charge is 2.32. The van der Waals surface area contributed by atoms with Gasteiger partial charge in [-0.15, -0.1) is 0 Å². The first-order valence-corrected chi connectivity index (χ1v) is 5.53. The van der Waals surface area contributed by atoms with E-state index in [1.165, 1.54) is 25.7 Å². The minimum Gasteiger partial charge on any atom is -0.329 e. The SMILES string of the molecule is CCN(C)C(C)(CN)CC1CCC1. The summed E-state index contributed by atoms with van der Waals surface area (Å²) in [5.74, 6) is 0.947. The van der Waals surface area contributed by atoms with Gasteiger partial charge in [0.2, 0.25) is 0 Å². The number of likely N-dealkylation sites (N-methyl/N-ethyl adjacent to an activating group) is 1. The molecule has 13 heavy (non-hydrogen) atoms. The van der Waals surface area contributed by atoms with Gasteiger partial charge in [0, 0.05) is 12.1 Å². The van der Waals surface area contributed by atoms with Gasteiger partial charge in [0.1, 0.15) is 0 Å². The zero-order valence-corrected chi connectivity index (χ0v) is 9.34. The molecule has 2 heteroatoms. The van der Waals surface area contributed by atoms with Crippen LogP contribution in [-0.4, -0.2) is 30.6 Å². The molecule has 0 aromatic carbocycles. The summed E-state index contributed by atoms with van der Waals surface area (Å²) in [6.45, 7) is 6.39. The van der Waals surface area contributed by atoms with E-state index in [1.54, 1.807) is 0 Å². The first-order chi connectivity index (χ1) is 6.12. The fraction of sp³-hybridized carbons (Fsp3) is 1.00. The van der Waals surface area contributed by atoms with Crippen molar-refractivity contribution in [2.45, 2.75) is 45.1 Å². The Labute approximate surface area is 82.5 Å². The predicted octanol–water partition coefficient (Wildman–Crippen LogP) is 1.85. The lowest BCUT2D eigenvalue weighted by Crippen LogP contribution is -2.51. The van der Waals surface area contributed by atoms with E-state index in [4.69, 9.17) is 5.73 Å². The van der Waals surface area contributed by atoms with Gasteiger partial charge in [-0.2, -0.15) is 0 Å². The Kier molecular flexibility index (Phi) is 3.74. The van der Waals surface area contributed by atoms with Crippen LogP contribution in [0.15, 0.2) is 0 Å². The van der Waals surface area contributed by atoms with Gasteiger partial charge in [0.05, 0.1) is 0 Å². The molecule has 1 unspecified atom stereocenters. The molecule has 2 N–H and O–H groups in total. The van der Waals surface area contributed by atoms with Gasteiger partial charge in [0.15, 0.2) is 0 Å². The van der Waals surface area contributed by atoms with E-state index in [0.717, 1.165) is 19.0 Å². The molecule has 0 spiro atoms. The molecular formula is C11H24N2. The molecule has 0 aliphatic heterocycles. The number of hydrogen-bond donors (Lipinski definition) is 1. The predicted molar refractivity (Wildman–Crippen MR) is 57.7 cm³/mol. The van der Waals surface area contributed by atoms with Gasteiger partial charge < -0.3 is 5.73 Å². The molecule has 0 amide bonds. The molecule has 0 saturated heterocycles. The molecule has 2 nitrogen and oxygen atoms in total. The van der Waals surface area contributed by atoms with E-state index >= 15 is 0 Å². The maximum Gasteiger partial charge on any atom is 0.0303 e. The summed E-state index contributed by atoms with van der Waals surface area (Å²) in [5, 5.41) is 0. The van der Waals surface area contributed by atoms with Crippen molar-refractivity contribution in [2.24, 2.45) is 11.7 Å². The third-order valence-corrected chi connectivity index (χ3v) is 3.79. The average molecular weight is 184 g/mol. The average Bonchev–Trinajstić information content (AvgIpc) is 2.09. The van der Waals surface area contributed by atoms with Crippen molar-refractivity contribution < 1.29 is 0 Å². The third-order valence-electron chi connectivity index (χ3n) is 3.79. The van der Waals surface area contributed by atoms with Crippen LogP contribution in [0.25, 0.3) is 0 Å². The van der Waals surface area contributed by atoms with Crippen LogP contribution in [-0.2, 0) is 0 Å². The molecule has 0 bridgehead atoms. The normalized spacial score (nSPS) is 22.8. The highest BCUT2D eigenvalue weighted by atomic mass is 15.2. The maximum atomic E-state index is 5.87. The lowest BCUT2D eigenvalue weighted by molar-refractivity contribution is 0.0969. The fourth-order valence-electron chi connectivity index (χ4n) is 2.10. The zero-order valence-electron chi connectivity index (χ0n) is 9.34. The summed E-state index contributed by atoms with van der Waals surface area (Å²) in [6, 6.07) is 0. The topological polar surface area (TPSA) is 29.3 Å². The molecule has 0 heterocycles. The molecule has 0 aromatic heterocycles. The highest BCUT2D eigenvalue weighted by Crippen LogP contribution is 2.35. The van der Waals surface area contributed by atoms with E-state index in [9.17, 15) is 0 Å². The van der Waals surface area contributed by atoms with E-state index in [0.29, 0.717) is 0 Å². The Morgan fingerprint density at radius 1 is 1.46 bits per heavy atom. The molecule has 1 aliphatic rings. The smallest absolute Gasteiger partial charge is 0.0303 e. The third kappa shape index (κ3) is 2.44. The van der Waals surface area contributed by atoms with Gasteiger partial charge in [0.25, 0.3) is 0 Å². The Morgan fingerprint density at radius 2 is 2.08 bits per heavy atom. The zero-order chi connectivity index (χ0) is 9.90. The van der Waals surface area contributed by atoms with Crippen molar-refractivity contribution >= 4 is 0 Å². The highest BCUT2D eigenvalue weighted by molar-refractivity contribution is 4.89. The summed E-state index contributed by atoms with van der Waals surface area (Å²) in [4.78, 5) is 2.39. The van der Waals surface area contributed by atoms with Crippen LogP contribution < -0.4 is 5.73 Å². The van der Waals surface area contributed by atoms with E-state index in [-0.39, 0.29) is 5.54 Å². The van der Waals surface area contributed by atoms with Crippen molar-refractivity contribution in [2.75, 3.05) is 20.1 Å². The standard InChI is InChI=1S/C11H24N2/c1-4-13(3)11(2,9-12)8-10-6-5-7-10/h10H,4-9,12H2,1-3H3. The number of hydrogen-bond acceptors (Lipinski definition) is 2. The van der Waals surface area contributed by atoms with Crippen LogP contribution in [0.5, 0.6) is 0 Å². The largest absolute Gasteiger partial charge is 0.329 e. The van der Waals surface area contributed by atoms with Crippen molar-refractivity contribution in [1.82, 2.24) is 4.90 Å². The van der Waals surface area contributed by atoms with Gasteiger partial charge in [-0.25, -0.2) is 0 Å². The first-order valence-electron chi connectivity index (χ1n) is 5.53. The number of nitrogens with two attached hydrogens (primary N) is 1. The minimum atomic E-state index is 0.236. The summed E-state index contributed by atoms with van der Waals surface area (Å²) < 4.78 is 0. The maximum absolute atomic E-state index is 5.87. The lowest BCUT2D eigenvalue weighted by atomic mass is 9.76. The van der Waals surface area contributed by atoms with Gasteiger partial charge >= 0.3 is 0 Å². The molecule has 1 rings (SSSR count). The molecule has 1 saturated carbocycles. The Morgan fingerprint density at radius 3 is 2.38 bits per heavy atom. The van der Waals surface area contributed by atoms with Crippen LogP contribution in [0.1, 0.15) is 39.5 Å². The van der Waals surface area contributed by atoms with Crippen LogP contribution in [0.4, 0.5) is 0 Å². The molecule has 0 radical (unpaired) electrons. The van der Waals surface area contributed by atoms with Crippen molar-refractivity contribution in [3.05, 3.63) is 0 Å². The quantitative estimate of drug-likeness (QED) is 0.706. The second-order valence-electron chi connectivity index (χ2n) is 4.72. The molecule has 0 aromatic rings. The van der Waals surface area contributed by atoms with E-state index in [1.807, 2.05) is 0 Å². The Balaban J connectivity index is 2.46. The van der Waals surface area contributed by atoms with Crippen molar-refractivity contribution in [3.63, 3.8) is 0 Å². The first kappa shape index (κ1) is 11.0. The van der Waals surface area contributed by atoms with Gasteiger partial charge in [-0.05, 0) is 32.9 Å². The second kappa shape index (κ2) is 4.43. The molecule has 1 fully saturated rings. The summed E-state index contributed by atoms with van der Waals surface area (Å²) in [5.41, 5.74) is 6.10. The Hall–Kier alpha value is -0.0800. The molecule has 78 valence electrons. The number of rotatable bonds is 5. The summed E-state index contributed by atoms with van der Waals surface area (Å²) >= 11 is 0. The monoisotopic (exact) mass is 184 g/mol. The second-order valence-corrected chi connectivity index (χ2v) is 4.72. The minimum absolute atomic E-state index is 0.236. The van der Waals surface area contributed by atoms with Crippen LogP contribution in [0.2, 0.25) is 0 Å². The van der Waals surface area contributed by atoms with E-state index < -0.39 is 0 Å². The van der Waals surface area contributed by atoms with Gasteiger partial charge in [-0.3, -0.25) is 4.90 Å². The van der Waals surface area contributed by atoms with Crippen molar-refractivity contribution in [1.29, 1.82) is 0 Å². The Bertz CT molecular complexity index is 154. The van der Waals surface area contributed by atoms with Crippen LogP contribution in [0.3, 0.4) is 0 Å². The number of nitrogens with zero attached hydrogens (tertiary/aromatic N) is 1. The molecule has 1 atom stereocenters. The summed E-state index contributed by atoms with van der Waals surface area (Å²) in [6.07, 6.45) is 5.56. The fourth-order valence-corrected chi connectivity index (χ4v) is 2.10. The lowest BCUT2D eigenvalue weighted by Gasteiger charge is -2.42. The summed E-state index contributed by atoms with van der Waals surface area (Å²) in [7, 11) is 2.19. The molecule has 1 aliphatic carbocycles.